The molecule has 0 bridgehead atoms. The minimum atomic E-state index is -0.177. The fraction of sp³-hybridized carbons (Fsp3) is 0.0909. The Kier molecular flexibility index (Phi) is 3.44. The summed E-state index contributed by atoms with van der Waals surface area (Å²) < 4.78 is 0.606. The Bertz CT molecular complexity index is 548. The van der Waals surface area contributed by atoms with Gasteiger partial charge >= 0.3 is 0 Å². The molecule has 6 heteroatoms. The van der Waals surface area contributed by atoms with Crippen molar-refractivity contribution in [3.63, 3.8) is 0 Å². The maximum Gasteiger partial charge on any atom is 0.265 e. The second kappa shape index (κ2) is 4.85. The Morgan fingerprint density at radius 1 is 1.59 bits per heavy atom. The molecule has 17 heavy (non-hydrogen) atoms. The number of carbonyl (C=O) groups excluding carboxylic acids is 1. The van der Waals surface area contributed by atoms with Crippen molar-refractivity contribution in [1.29, 1.82) is 0 Å². The van der Waals surface area contributed by atoms with E-state index in [1.54, 1.807) is 24.4 Å². The smallest absolute Gasteiger partial charge is 0.265 e. The highest BCUT2D eigenvalue weighted by Gasteiger charge is 2.12. The third-order valence-corrected chi connectivity index (χ3v) is 3.88. The number of thiophene rings is 1. The first-order valence-corrected chi connectivity index (χ1v) is 6.46. The molecular weight excluding hydrogens is 302 g/mol. The van der Waals surface area contributed by atoms with Crippen molar-refractivity contribution in [2.24, 2.45) is 0 Å². The van der Waals surface area contributed by atoms with E-state index >= 15 is 0 Å². The molecule has 0 radical (unpaired) electrons. The van der Waals surface area contributed by atoms with Gasteiger partial charge in [-0.25, -0.2) is 4.98 Å². The van der Waals surface area contributed by atoms with Gasteiger partial charge in [0.2, 0.25) is 0 Å². The second-order valence-electron chi connectivity index (χ2n) is 3.42. The Hall–Kier alpha value is -1.40. The molecule has 0 aromatic carbocycles. The number of rotatable bonds is 2. The summed E-state index contributed by atoms with van der Waals surface area (Å²) in [5.41, 5.74) is 7.00. The monoisotopic (exact) mass is 311 g/mol. The van der Waals surface area contributed by atoms with E-state index in [2.05, 4.69) is 26.2 Å². The standard InChI is InChI=1S/C11H10BrN3OS/c1-6-7(13)5-9(17-6)11(16)15-8-3-2-4-14-10(8)12/h2-5H,13H2,1H3,(H,15,16). The highest BCUT2D eigenvalue weighted by Crippen LogP contribution is 2.25. The summed E-state index contributed by atoms with van der Waals surface area (Å²) in [4.78, 5) is 17.5. The summed E-state index contributed by atoms with van der Waals surface area (Å²) in [6, 6.07) is 5.22. The molecule has 0 saturated heterocycles. The van der Waals surface area contributed by atoms with E-state index in [0.29, 0.717) is 20.9 Å². The van der Waals surface area contributed by atoms with E-state index in [4.69, 9.17) is 5.73 Å². The maximum absolute atomic E-state index is 11.9. The Morgan fingerprint density at radius 2 is 2.35 bits per heavy atom. The van der Waals surface area contributed by atoms with E-state index in [1.807, 2.05) is 6.92 Å². The van der Waals surface area contributed by atoms with Crippen LogP contribution < -0.4 is 11.1 Å². The van der Waals surface area contributed by atoms with E-state index in [9.17, 15) is 4.79 Å². The average Bonchev–Trinajstić information content (AvgIpc) is 2.63. The quantitative estimate of drug-likeness (QED) is 0.838. The first-order chi connectivity index (χ1) is 8.08. The van der Waals surface area contributed by atoms with Crippen LogP contribution in [0.5, 0.6) is 0 Å². The lowest BCUT2D eigenvalue weighted by molar-refractivity contribution is 0.103. The SMILES string of the molecule is Cc1sc(C(=O)Nc2cccnc2Br)cc1N. The van der Waals surface area contributed by atoms with Gasteiger partial charge in [0.05, 0.1) is 10.6 Å². The molecule has 0 aliphatic carbocycles. The number of halogens is 1. The van der Waals surface area contributed by atoms with Gasteiger partial charge in [0.15, 0.2) is 0 Å². The Morgan fingerprint density at radius 3 is 2.94 bits per heavy atom. The van der Waals surface area contributed by atoms with Gasteiger partial charge in [-0.1, -0.05) is 0 Å². The maximum atomic E-state index is 11.9. The normalized spacial score (nSPS) is 10.2. The van der Waals surface area contributed by atoms with Crippen molar-refractivity contribution >= 4 is 44.5 Å². The molecule has 3 N–H and O–H groups in total. The van der Waals surface area contributed by atoms with E-state index in [0.717, 1.165) is 4.88 Å². The molecule has 0 spiro atoms. The van der Waals surface area contributed by atoms with Crippen LogP contribution in [0.15, 0.2) is 29.0 Å². The molecular formula is C11H10BrN3OS. The topological polar surface area (TPSA) is 68.0 Å². The van der Waals surface area contributed by atoms with E-state index in [-0.39, 0.29) is 5.91 Å². The van der Waals surface area contributed by atoms with Crippen molar-refractivity contribution < 1.29 is 4.79 Å². The largest absolute Gasteiger partial charge is 0.398 e. The fourth-order valence-corrected chi connectivity index (χ4v) is 2.46. The first-order valence-electron chi connectivity index (χ1n) is 4.85. The number of nitrogens with two attached hydrogens (primary N) is 1. The molecule has 1 amide bonds. The number of carbonyl (C=O) groups is 1. The van der Waals surface area contributed by atoms with Crippen LogP contribution in [0.1, 0.15) is 14.5 Å². The van der Waals surface area contributed by atoms with Crippen LogP contribution in [-0.4, -0.2) is 10.9 Å². The first kappa shape index (κ1) is 12.1. The molecule has 0 fully saturated rings. The van der Waals surface area contributed by atoms with Crippen molar-refractivity contribution in [3.8, 4) is 0 Å². The van der Waals surface area contributed by atoms with Crippen LogP contribution in [-0.2, 0) is 0 Å². The van der Waals surface area contributed by atoms with Gasteiger partial charge < -0.3 is 11.1 Å². The molecule has 2 aromatic rings. The zero-order valence-electron chi connectivity index (χ0n) is 9.03. The second-order valence-corrected chi connectivity index (χ2v) is 5.43. The van der Waals surface area contributed by atoms with Gasteiger partial charge in [0, 0.05) is 16.8 Å². The number of hydrogen-bond acceptors (Lipinski definition) is 4. The minimum Gasteiger partial charge on any atom is -0.398 e. The third kappa shape index (κ3) is 2.65. The number of anilines is 2. The van der Waals surface area contributed by atoms with Gasteiger partial charge in [-0.15, -0.1) is 11.3 Å². The van der Waals surface area contributed by atoms with Gasteiger partial charge in [0.25, 0.3) is 5.91 Å². The van der Waals surface area contributed by atoms with Crippen molar-refractivity contribution in [2.45, 2.75) is 6.92 Å². The van der Waals surface area contributed by atoms with Crippen molar-refractivity contribution in [2.75, 3.05) is 11.1 Å². The lowest BCUT2D eigenvalue weighted by Gasteiger charge is -2.04. The summed E-state index contributed by atoms with van der Waals surface area (Å²) in [6.45, 7) is 1.89. The molecule has 2 aromatic heterocycles. The fourth-order valence-electron chi connectivity index (χ4n) is 1.27. The number of amides is 1. The van der Waals surface area contributed by atoms with Gasteiger partial charge in [-0.2, -0.15) is 0 Å². The van der Waals surface area contributed by atoms with Crippen LogP contribution in [0.4, 0.5) is 11.4 Å². The summed E-state index contributed by atoms with van der Waals surface area (Å²) in [7, 11) is 0. The van der Waals surface area contributed by atoms with Crippen LogP contribution in [0.2, 0.25) is 0 Å². The molecule has 2 rings (SSSR count). The molecule has 0 unspecified atom stereocenters. The highest BCUT2D eigenvalue weighted by molar-refractivity contribution is 9.10. The van der Waals surface area contributed by atoms with Crippen LogP contribution in [0.25, 0.3) is 0 Å². The Labute approximate surface area is 111 Å². The molecule has 0 atom stereocenters. The van der Waals surface area contributed by atoms with Crippen molar-refractivity contribution in [3.05, 3.63) is 38.8 Å². The Balaban J connectivity index is 2.20. The lowest BCUT2D eigenvalue weighted by Crippen LogP contribution is -2.10. The zero-order valence-corrected chi connectivity index (χ0v) is 11.4. The molecule has 0 aliphatic heterocycles. The predicted molar refractivity (Wildman–Crippen MR) is 73.4 cm³/mol. The number of nitrogens with one attached hydrogen (secondary N) is 1. The third-order valence-electron chi connectivity index (χ3n) is 2.19. The number of hydrogen-bond donors (Lipinski definition) is 2. The summed E-state index contributed by atoms with van der Waals surface area (Å²) in [5, 5.41) is 2.77. The number of nitrogens with zero attached hydrogens (tertiary/aromatic N) is 1. The molecule has 0 aliphatic rings. The summed E-state index contributed by atoms with van der Waals surface area (Å²) in [6.07, 6.45) is 1.65. The minimum absolute atomic E-state index is 0.177. The predicted octanol–water partition coefficient (Wildman–Crippen LogP) is 3.05. The zero-order chi connectivity index (χ0) is 12.4. The van der Waals surface area contributed by atoms with Gasteiger partial charge in [0.1, 0.15) is 4.60 Å². The number of aromatic nitrogens is 1. The van der Waals surface area contributed by atoms with Crippen LogP contribution in [0.3, 0.4) is 0 Å². The highest BCUT2D eigenvalue weighted by atomic mass is 79.9. The lowest BCUT2D eigenvalue weighted by atomic mass is 10.3. The number of nitrogen functional groups attached to an aromatic ring is 1. The van der Waals surface area contributed by atoms with Gasteiger partial charge in [-0.3, -0.25) is 4.79 Å². The molecule has 4 nitrogen and oxygen atoms in total. The number of pyridine rings is 1. The summed E-state index contributed by atoms with van der Waals surface area (Å²) in [5.74, 6) is -0.177. The van der Waals surface area contributed by atoms with E-state index < -0.39 is 0 Å². The van der Waals surface area contributed by atoms with Crippen LogP contribution >= 0.6 is 27.3 Å². The average molecular weight is 312 g/mol. The van der Waals surface area contributed by atoms with Gasteiger partial charge in [-0.05, 0) is 41.1 Å². The molecule has 0 saturated carbocycles. The summed E-state index contributed by atoms with van der Waals surface area (Å²) >= 11 is 4.64. The molecule has 88 valence electrons. The molecule has 2 heterocycles. The van der Waals surface area contributed by atoms with Crippen molar-refractivity contribution in [1.82, 2.24) is 4.98 Å². The van der Waals surface area contributed by atoms with Crippen LogP contribution in [0, 0.1) is 6.92 Å². The van der Waals surface area contributed by atoms with E-state index in [1.165, 1.54) is 11.3 Å². The number of aryl methyl sites for hydroxylation is 1.